The zero-order chi connectivity index (χ0) is 14.3. The first kappa shape index (κ1) is 12.7. The van der Waals surface area contributed by atoms with Crippen LogP contribution in [0.1, 0.15) is 19.9 Å². The van der Waals surface area contributed by atoms with Crippen LogP contribution in [0, 0.1) is 5.82 Å². The van der Waals surface area contributed by atoms with Gasteiger partial charge in [0.25, 0.3) is 0 Å². The lowest BCUT2D eigenvalue weighted by molar-refractivity contribution is 0.475. The van der Waals surface area contributed by atoms with E-state index in [9.17, 15) is 9.50 Å². The Morgan fingerprint density at radius 3 is 2.45 bits per heavy atom. The first-order valence-corrected chi connectivity index (χ1v) is 6.53. The van der Waals surface area contributed by atoms with Crippen LogP contribution < -0.4 is 0 Å². The molecule has 102 valence electrons. The Morgan fingerprint density at radius 1 is 1.10 bits per heavy atom. The molecule has 0 aliphatic rings. The van der Waals surface area contributed by atoms with E-state index in [2.05, 4.69) is 23.4 Å². The van der Waals surface area contributed by atoms with E-state index in [1.165, 1.54) is 12.1 Å². The number of halogens is 1. The lowest BCUT2D eigenvalue weighted by atomic mass is 10.2. The van der Waals surface area contributed by atoms with Crippen LogP contribution in [0.25, 0.3) is 22.4 Å². The molecule has 0 aliphatic carbocycles. The van der Waals surface area contributed by atoms with E-state index >= 15 is 0 Å². The minimum absolute atomic E-state index is 0.203. The number of aromatic hydroxyl groups is 1. The van der Waals surface area contributed by atoms with E-state index < -0.39 is 0 Å². The summed E-state index contributed by atoms with van der Waals surface area (Å²) in [7, 11) is 0. The summed E-state index contributed by atoms with van der Waals surface area (Å²) in [4.78, 5) is 4.54. The molecule has 1 N–H and O–H groups in total. The fourth-order valence-electron chi connectivity index (χ4n) is 2.41. The van der Waals surface area contributed by atoms with Crippen molar-refractivity contribution < 1.29 is 9.50 Å². The van der Waals surface area contributed by atoms with E-state index in [4.69, 9.17) is 0 Å². The van der Waals surface area contributed by atoms with E-state index in [1.807, 2.05) is 12.1 Å². The lowest BCUT2D eigenvalue weighted by Gasteiger charge is -2.13. The second-order valence-electron chi connectivity index (χ2n) is 5.08. The van der Waals surface area contributed by atoms with Crippen molar-refractivity contribution in [2.45, 2.75) is 19.9 Å². The molecule has 20 heavy (non-hydrogen) atoms. The fraction of sp³-hybridized carbons (Fsp3) is 0.188. The summed E-state index contributed by atoms with van der Waals surface area (Å²) in [6.45, 7) is 4.13. The summed E-state index contributed by atoms with van der Waals surface area (Å²) >= 11 is 0. The maximum atomic E-state index is 13.4. The highest BCUT2D eigenvalue weighted by Crippen LogP contribution is 2.29. The third kappa shape index (κ3) is 2.03. The molecule has 3 rings (SSSR count). The normalized spacial score (nSPS) is 11.4. The van der Waals surface area contributed by atoms with Gasteiger partial charge in [-0.2, -0.15) is 0 Å². The average Bonchev–Trinajstić information content (AvgIpc) is 2.77. The third-order valence-corrected chi connectivity index (χ3v) is 3.29. The Kier molecular flexibility index (Phi) is 2.93. The van der Waals surface area contributed by atoms with E-state index in [0.29, 0.717) is 5.52 Å². The van der Waals surface area contributed by atoms with Crippen LogP contribution in [0.2, 0.25) is 0 Å². The predicted molar refractivity (Wildman–Crippen MR) is 77.2 cm³/mol. The van der Waals surface area contributed by atoms with Gasteiger partial charge in [0.1, 0.15) is 17.4 Å². The number of benzene rings is 2. The molecule has 0 bridgehead atoms. The Hall–Kier alpha value is -2.36. The van der Waals surface area contributed by atoms with E-state index in [1.54, 1.807) is 18.2 Å². The average molecular weight is 270 g/mol. The molecule has 1 heterocycles. The van der Waals surface area contributed by atoms with Crippen molar-refractivity contribution >= 4 is 11.0 Å². The smallest absolute Gasteiger partial charge is 0.141 e. The van der Waals surface area contributed by atoms with Gasteiger partial charge in [0.2, 0.25) is 0 Å². The molecule has 0 saturated carbocycles. The quantitative estimate of drug-likeness (QED) is 0.760. The van der Waals surface area contributed by atoms with Crippen LogP contribution in [-0.4, -0.2) is 14.7 Å². The van der Waals surface area contributed by atoms with Gasteiger partial charge in [0, 0.05) is 17.7 Å². The van der Waals surface area contributed by atoms with Crippen molar-refractivity contribution in [3.8, 4) is 17.1 Å². The maximum absolute atomic E-state index is 13.4. The number of imidazole rings is 1. The van der Waals surface area contributed by atoms with Gasteiger partial charge in [-0.05, 0) is 50.2 Å². The Balaban J connectivity index is 2.28. The van der Waals surface area contributed by atoms with Crippen molar-refractivity contribution in [3.05, 3.63) is 48.3 Å². The van der Waals surface area contributed by atoms with Crippen molar-refractivity contribution in [1.82, 2.24) is 9.55 Å². The summed E-state index contributed by atoms with van der Waals surface area (Å²) in [5, 5.41) is 9.38. The van der Waals surface area contributed by atoms with Gasteiger partial charge in [-0.1, -0.05) is 0 Å². The molecule has 3 nitrogen and oxygen atoms in total. The minimum atomic E-state index is -0.289. The monoisotopic (exact) mass is 270 g/mol. The molecule has 0 saturated heterocycles. The number of phenolic OH excluding ortho intramolecular Hbond substituents is 1. The van der Waals surface area contributed by atoms with Crippen molar-refractivity contribution in [3.63, 3.8) is 0 Å². The Labute approximate surface area is 116 Å². The van der Waals surface area contributed by atoms with Gasteiger partial charge < -0.3 is 9.67 Å². The van der Waals surface area contributed by atoms with Gasteiger partial charge in [-0.15, -0.1) is 0 Å². The molecular weight excluding hydrogens is 255 g/mol. The largest absolute Gasteiger partial charge is 0.508 e. The molecule has 0 fully saturated rings. The van der Waals surface area contributed by atoms with Gasteiger partial charge in [0.05, 0.1) is 11.0 Å². The highest BCUT2D eigenvalue weighted by molar-refractivity contribution is 5.81. The molecule has 0 atom stereocenters. The molecule has 0 unspecified atom stereocenters. The highest BCUT2D eigenvalue weighted by atomic mass is 19.1. The van der Waals surface area contributed by atoms with E-state index in [0.717, 1.165) is 16.9 Å². The van der Waals surface area contributed by atoms with Gasteiger partial charge >= 0.3 is 0 Å². The van der Waals surface area contributed by atoms with Crippen LogP contribution in [0.5, 0.6) is 5.75 Å². The summed E-state index contributed by atoms with van der Waals surface area (Å²) in [6, 6.07) is 11.7. The van der Waals surface area contributed by atoms with Crippen LogP contribution in [-0.2, 0) is 0 Å². The Bertz CT molecular complexity index is 760. The van der Waals surface area contributed by atoms with Gasteiger partial charge in [-0.3, -0.25) is 0 Å². The van der Waals surface area contributed by atoms with Crippen molar-refractivity contribution in [2.24, 2.45) is 0 Å². The highest BCUT2D eigenvalue weighted by Gasteiger charge is 2.15. The zero-order valence-corrected chi connectivity index (χ0v) is 11.3. The molecule has 3 aromatic rings. The topological polar surface area (TPSA) is 38.0 Å². The van der Waals surface area contributed by atoms with Crippen LogP contribution in [0.15, 0.2) is 42.5 Å². The molecule has 1 aromatic heterocycles. The number of hydrogen-bond donors (Lipinski definition) is 1. The Morgan fingerprint density at radius 2 is 1.80 bits per heavy atom. The SMILES string of the molecule is CC(C)n1c(-c2ccc(O)cc2)nc2cc(F)ccc21. The summed E-state index contributed by atoms with van der Waals surface area (Å²) in [5.41, 5.74) is 2.44. The summed E-state index contributed by atoms with van der Waals surface area (Å²) < 4.78 is 15.4. The molecule has 0 radical (unpaired) electrons. The van der Waals surface area contributed by atoms with Gasteiger partial charge in [-0.25, -0.2) is 9.37 Å². The molecule has 4 heteroatoms. The maximum Gasteiger partial charge on any atom is 0.141 e. The molecule has 2 aromatic carbocycles. The lowest BCUT2D eigenvalue weighted by Crippen LogP contribution is -2.02. The molecule has 0 aliphatic heterocycles. The van der Waals surface area contributed by atoms with Crippen molar-refractivity contribution in [1.29, 1.82) is 0 Å². The summed E-state index contributed by atoms with van der Waals surface area (Å²) in [5.74, 6) is 0.704. The second-order valence-corrected chi connectivity index (χ2v) is 5.08. The number of rotatable bonds is 2. The second kappa shape index (κ2) is 4.63. The zero-order valence-electron chi connectivity index (χ0n) is 11.3. The minimum Gasteiger partial charge on any atom is -0.508 e. The number of phenols is 1. The van der Waals surface area contributed by atoms with Crippen LogP contribution >= 0.6 is 0 Å². The number of aromatic nitrogens is 2. The number of hydrogen-bond acceptors (Lipinski definition) is 2. The number of nitrogens with zero attached hydrogens (tertiary/aromatic N) is 2. The van der Waals surface area contributed by atoms with Crippen LogP contribution in [0.3, 0.4) is 0 Å². The van der Waals surface area contributed by atoms with Crippen LogP contribution in [0.4, 0.5) is 4.39 Å². The first-order chi connectivity index (χ1) is 9.56. The third-order valence-electron chi connectivity index (χ3n) is 3.29. The fourth-order valence-corrected chi connectivity index (χ4v) is 2.41. The van der Waals surface area contributed by atoms with Crippen molar-refractivity contribution in [2.75, 3.05) is 0 Å². The predicted octanol–water partition coefficient (Wildman–Crippen LogP) is 4.13. The number of fused-ring (bicyclic) bond motifs is 1. The standard InChI is InChI=1S/C16H15FN2O/c1-10(2)19-15-8-5-12(17)9-14(15)18-16(19)11-3-6-13(20)7-4-11/h3-10,20H,1-2H3. The summed E-state index contributed by atoms with van der Waals surface area (Å²) in [6.07, 6.45) is 0. The van der Waals surface area contributed by atoms with E-state index in [-0.39, 0.29) is 17.6 Å². The first-order valence-electron chi connectivity index (χ1n) is 6.53. The molecule has 0 spiro atoms. The molecule has 0 amide bonds. The molecular formula is C16H15FN2O. The van der Waals surface area contributed by atoms with Gasteiger partial charge in [0.15, 0.2) is 0 Å².